The number of amides is 2. The number of hydrogen-bond acceptors (Lipinski definition) is 5. The summed E-state index contributed by atoms with van der Waals surface area (Å²) in [6.07, 6.45) is 1.16. The molecule has 1 fully saturated rings. The van der Waals surface area contributed by atoms with Crippen molar-refractivity contribution in [3.63, 3.8) is 0 Å². The van der Waals surface area contributed by atoms with Crippen LogP contribution in [0.4, 0.5) is 0 Å². The Labute approximate surface area is 190 Å². The minimum atomic E-state index is -1.03. The van der Waals surface area contributed by atoms with Gasteiger partial charge < -0.3 is 15.3 Å². The Kier molecular flexibility index (Phi) is 6.57. The van der Waals surface area contributed by atoms with E-state index in [1.807, 2.05) is 54.6 Å². The van der Waals surface area contributed by atoms with Crippen molar-refractivity contribution in [3.05, 3.63) is 71.3 Å². The van der Waals surface area contributed by atoms with Crippen molar-refractivity contribution in [2.24, 2.45) is 0 Å². The van der Waals surface area contributed by atoms with E-state index in [9.17, 15) is 19.5 Å². The first-order valence-electron chi connectivity index (χ1n) is 10.2. The molecule has 2 heterocycles. The number of rotatable bonds is 5. The molecule has 0 radical (unpaired) electrons. The van der Waals surface area contributed by atoms with Gasteiger partial charge in [0.25, 0.3) is 0 Å². The number of benzene rings is 2. The van der Waals surface area contributed by atoms with Crippen molar-refractivity contribution in [2.75, 3.05) is 5.75 Å². The molecular weight excluding hydrogens is 432 g/mol. The van der Waals surface area contributed by atoms with Gasteiger partial charge >= 0.3 is 5.97 Å². The fourth-order valence-corrected chi connectivity index (χ4v) is 5.86. The highest BCUT2D eigenvalue weighted by Crippen LogP contribution is 2.43. The zero-order valence-electron chi connectivity index (χ0n) is 16.8. The van der Waals surface area contributed by atoms with Crippen LogP contribution < -0.4 is 5.32 Å². The highest BCUT2D eigenvalue weighted by atomic mass is 32.2. The van der Waals surface area contributed by atoms with E-state index in [1.165, 1.54) is 4.90 Å². The van der Waals surface area contributed by atoms with Crippen molar-refractivity contribution < 1.29 is 19.5 Å². The van der Waals surface area contributed by atoms with Crippen LogP contribution in [0.5, 0.6) is 0 Å². The molecule has 2 N–H and O–H groups in total. The lowest BCUT2D eigenvalue weighted by molar-refractivity contribution is -0.152. The molecule has 8 heteroatoms. The van der Waals surface area contributed by atoms with Crippen LogP contribution in [0, 0.1) is 0 Å². The molecule has 2 amide bonds. The highest BCUT2D eigenvalue weighted by molar-refractivity contribution is 7.99. The van der Waals surface area contributed by atoms with Crippen LogP contribution in [-0.2, 0) is 27.2 Å². The Bertz CT molecular complexity index is 985. The lowest BCUT2D eigenvalue weighted by Crippen LogP contribution is -2.56. The van der Waals surface area contributed by atoms with E-state index in [-0.39, 0.29) is 23.6 Å². The average molecular weight is 457 g/mol. The topological polar surface area (TPSA) is 86.7 Å². The molecule has 31 heavy (non-hydrogen) atoms. The number of carboxylic acids is 1. The van der Waals surface area contributed by atoms with Crippen LogP contribution in [0.2, 0.25) is 0 Å². The predicted molar refractivity (Wildman–Crippen MR) is 123 cm³/mol. The molecule has 4 atom stereocenters. The summed E-state index contributed by atoms with van der Waals surface area (Å²) in [4.78, 5) is 39.7. The Morgan fingerprint density at radius 1 is 1.16 bits per heavy atom. The normalized spacial score (nSPS) is 23.8. The fraction of sp³-hybridized carbons (Fsp3) is 0.348. The molecule has 1 unspecified atom stereocenters. The van der Waals surface area contributed by atoms with Crippen LogP contribution in [0.15, 0.2) is 54.6 Å². The van der Waals surface area contributed by atoms with Crippen molar-refractivity contribution >= 4 is 42.2 Å². The number of carbonyl (C=O) groups excluding carboxylic acids is 2. The quantitative estimate of drug-likeness (QED) is 0.603. The summed E-state index contributed by atoms with van der Waals surface area (Å²) in [7, 11) is 0. The lowest BCUT2D eigenvalue weighted by Gasteiger charge is -2.40. The summed E-state index contributed by atoms with van der Waals surface area (Å²) >= 11 is 5.99. The fourth-order valence-electron chi connectivity index (χ4n) is 4.16. The zero-order valence-corrected chi connectivity index (χ0v) is 18.5. The summed E-state index contributed by atoms with van der Waals surface area (Å²) in [5, 5.41) is 11.7. The highest BCUT2D eigenvalue weighted by Gasteiger charge is 2.45. The van der Waals surface area contributed by atoms with E-state index in [0.29, 0.717) is 18.6 Å². The van der Waals surface area contributed by atoms with Gasteiger partial charge in [0.05, 0.1) is 5.25 Å². The number of carbonyl (C=O) groups is 3. The van der Waals surface area contributed by atoms with Gasteiger partial charge in [0.2, 0.25) is 11.8 Å². The van der Waals surface area contributed by atoms with Gasteiger partial charge in [-0.25, -0.2) is 4.79 Å². The monoisotopic (exact) mass is 456 g/mol. The average Bonchev–Trinajstić information content (AvgIpc) is 2.93. The summed E-state index contributed by atoms with van der Waals surface area (Å²) in [5.41, 5.74) is 2.91. The second kappa shape index (κ2) is 9.36. The van der Waals surface area contributed by atoms with Gasteiger partial charge in [0.15, 0.2) is 0 Å². The number of hydrogen-bond donors (Lipinski definition) is 3. The number of fused-ring (bicyclic) bond motifs is 3. The van der Waals surface area contributed by atoms with Crippen LogP contribution in [0.1, 0.15) is 28.5 Å². The number of thioether (sulfide) groups is 1. The summed E-state index contributed by atoms with van der Waals surface area (Å²) < 4.78 is 0. The van der Waals surface area contributed by atoms with Gasteiger partial charge in [-0.15, -0.1) is 11.8 Å². The third-order valence-corrected chi connectivity index (χ3v) is 7.42. The van der Waals surface area contributed by atoms with Gasteiger partial charge in [-0.05, 0) is 35.3 Å². The lowest BCUT2D eigenvalue weighted by atomic mass is 9.93. The zero-order chi connectivity index (χ0) is 22.0. The van der Waals surface area contributed by atoms with Crippen LogP contribution >= 0.6 is 24.4 Å². The first-order chi connectivity index (χ1) is 15.0. The first kappa shape index (κ1) is 21.8. The van der Waals surface area contributed by atoms with E-state index >= 15 is 0 Å². The molecule has 0 spiro atoms. The van der Waals surface area contributed by atoms with E-state index in [1.54, 1.807) is 11.8 Å². The van der Waals surface area contributed by atoms with Crippen LogP contribution in [-0.4, -0.2) is 50.9 Å². The largest absolute Gasteiger partial charge is 0.480 e. The Morgan fingerprint density at radius 3 is 2.61 bits per heavy atom. The standard InChI is InChI=1S/C23H24N2O4S2/c26-20(19(30)12-14-6-2-1-3-7-14)24-17-10-11-31-22-16-9-5-4-8-15(16)13-18(23(28)29)25(22)21(17)27/h1-9,17-19,22,30H,10-13H2,(H,24,26)(H,28,29)/t17-,18-,19?,22-/m0/s1. The minimum absolute atomic E-state index is 0.262. The molecular formula is C23H24N2O4S2. The van der Waals surface area contributed by atoms with E-state index in [4.69, 9.17) is 0 Å². The summed E-state index contributed by atoms with van der Waals surface area (Å²) in [5.74, 6) is -1.06. The summed E-state index contributed by atoms with van der Waals surface area (Å²) in [6, 6.07) is 15.5. The van der Waals surface area contributed by atoms with Crippen LogP contribution in [0.3, 0.4) is 0 Å². The SMILES string of the molecule is O=C(N[C@H]1CCS[C@H]2c3ccccc3C[C@@H](C(=O)O)N2C1=O)C(S)Cc1ccccc1. The van der Waals surface area contributed by atoms with E-state index < -0.39 is 23.3 Å². The molecule has 2 aromatic carbocycles. The van der Waals surface area contributed by atoms with Crippen LogP contribution in [0.25, 0.3) is 0 Å². The molecule has 1 saturated heterocycles. The smallest absolute Gasteiger partial charge is 0.326 e. The molecule has 0 bridgehead atoms. The first-order valence-corrected chi connectivity index (χ1v) is 11.8. The predicted octanol–water partition coefficient (Wildman–Crippen LogP) is 2.69. The second-order valence-corrected chi connectivity index (χ2v) is 9.59. The van der Waals surface area contributed by atoms with Gasteiger partial charge in [-0.1, -0.05) is 54.6 Å². The Hall–Kier alpha value is -2.45. The molecule has 0 saturated carbocycles. The third-order valence-electron chi connectivity index (χ3n) is 5.73. The van der Waals surface area contributed by atoms with Crippen molar-refractivity contribution in [3.8, 4) is 0 Å². The van der Waals surface area contributed by atoms with E-state index in [2.05, 4.69) is 17.9 Å². The Morgan fingerprint density at radius 2 is 1.87 bits per heavy atom. The molecule has 0 aromatic heterocycles. The Balaban J connectivity index is 1.53. The second-order valence-electron chi connectivity index (χ2n) is 7.78. The van der Waals surface area contributed by atoms with Gasteiger partial charge in [-0.3, -0.25) is 9.59 Å². The van der Waals surface area contributed by atoms with Crippen molar-refractivity contribution in [2.45, 2.75) is 42.0 Å². The minimum Gasteiger partial charge on any atom is -0.480 e. The molecule has 4 rings (SSSR count). The van der Waals surface area contributed by atoms with Gasteiger partial charge in [0, 0.05) is 6.42 Å². The summed E-state index contributed by atoms with van der Waals surface area (Å²) in [6.45, 7) is 0. The molecule has 2 aliphatic rings. The molecule has 2 aliphatic heterocycles. The maximum absolute atomic E-state index is 13.4. The maximum Gasteiger partial charge on any atom is 0.326 e. The number of thiol groups is 1. The number of nitrogens with one attached hydrogen (secondary N) is 1. The third kappa shape index (κ3) is 4.60. The number of nitrogens with zero attached hydrogens (tertiary/aromatic N) is 1. The van der Waals surface area contributed by atoms with E-state index in [0.717, 1.165) is 16.7 Å². The number of carboxylic acid groups (broad SMARTS) is 1. The molecule has 0 aliphatic carbocycles. The van der Waals surface area contributed by atoms with Gasteiger partial charge in [-0.2, -0.15) is 12.6 Å². The van der Waals surface area contributed by atoms with Crippen molar-refractivity contribution in [1.82, 2.24) is 10.2 Å². The van der Waals surface area contributed by atoms with Gasteiger partial charge in [0.1, 0.15) is 17.5 Å². The molecule has 6 nitrogen and oxygen atoms in total. The maximum atomic E-state index is 13.4. The number of aliphatic carboxylic acids is 1. The molecule has 2 aromatic rings. The van der Waals surface area contributed by atoms with Crippen molar-refractivity contribution in [1.29, 1.82) is 0 Å². The molecule has 162 valence electrons.